The molecule has 0 radical (unpaired) electrons. The third-order valence-corrected chi connectivity index (χ3v) is 3.68. The van der Waals surface area contributed by atoms with Crippen molar-refractivity contribution < 1.29 is 0 Å². The average molecular weight is 239 g/mol. The maximum absolute atomic E-state index is 6.57. The highest BCUT2D eigenvalue weighted by Crippen LogP contribution is 2.27. The summed E-state index contributed by atoms with van der Waals surface area (Å²) in [6, 6.07) is 21.0. The van der Waals surface area contributed by atoms with Crippen LogP contribution in [0.3, 0.4) is 0 Å². The van der Waals surface area contributed by atoms with Gasteiger partial charge < -0.3 is 5.73 Å². The highest BCUT2D eigenvalue weighted by atomic mass is 14.7. The molecule has 0 spiro atoms. The van der Waals surface area contributed by atoms with Gasteiger partial charge in [0.1, 0.15) is 0 Å². The van der Waals surface area contributed by atoms with Gasteiger partial charge in [0.25, 0.3) is 0 Å². The second-order valence-electron chi connectivity index (χ2n) is 4.86. The van der Waals surface area contributed by atoms with Gasteiger partial charge in [-0.2, -0.15) is 0 Å². The molecule has 1 nitrogen and oxygen atoms in total. The second-order valence-corrected chi connectivity index (χ2v) is 4.86. The number of hydrogen-bond donors (Lipinski definition) is 1. The molecule has 0 aromatic heterocycles. The van der Waals surface area contributed by atoms with Gasteiger partial charge in [0.15, 0.2) is 0 Å². The molecule has 2 aromatic carbocycles. The SMILES string of the molecule is CCC(N)(CCc1ccccc1)c1ccccc1. The quantitative estimate of drug-likeness (QED) is 0.841. The van der Waals surface area contributed by atoms with Crippen molar-refractivity contribution >= 4 is 0 Å². The van der Waals surface area contributed by atoms with Gasteiger partial charge >= 0.3 is 0 Å². The molecule has 0 aliphatic carbocycles. The fourth-order valence-electron chi connectivity index (χ4n) is 2.31. The van der Waals surface area contributed by atoms with E-state index in [9.17, 15) is 0 Å². The Hall–Kier alpha value is -1.60. The minimum Gasteiger partial charge on any atom is -0.321 e. The highest BCUT2D eigenvalue weighted by Gasteiger charge is 2.24. The fourth-order valence-corrected chi connectivity index (χ4v) is 2.31. The van der Waals surface area contributed by atoms with E-state index < -0.39 is 0 Å². The Kier molecular flexibility index (Phi) is 4.16. The van der Waals surface area contributed by atoms with Gasteiger partial charge in [-0.15, -0.1) is 0 Å². The van der Waals surface area contributed by atoms with Crippen LogP contribution >= 0.6 is 0 Å². The molecule has 0 aliphatic rings. The van der Waals surface area contributed by atoms with Crippen molar-refractivity contribution in [3.05, 3.63) is 71.8 Å². The van der Waals surface area contributed by atoms with Crippen molar-refractivity contribution in [2.75, 3.05) is 0 Å². The number of hydrogen-bond acceptors (Lipinski definition) is 1. The van der Waals surface area contributed by atoms with Crippen LogP contribution in [0.2, 0.25) is 0 Å². The molecule has 1 heteroatoms. The van der Waals surface area contributed by atoms with Crippen molar-refractivity contribution in [3.8, 4) is 0 Å². The second kappa shape index (κ2) is 5.83. The topological polar surface area (TPSA) is 26.0 Å². The molecule has 94 valence electrons. The van der Waals surface area contributed by atoms with Gasteiger partial charge in [-0.1, -0.05) is 67.6 Å². The lowest BCUT2D eigenvalue weighted by Gasteiger charge is -2.29. The summed E-state index contributed by atoms with van der Waals surface area (Å²) in [7, 11) is 0. The van der Waals surface area contributed by atoms with E-state index in [1.807, 2.05) is 6.07 Å². The fraction of sp³-hybridized carbons (Fsp3) is 0.294. The van der Waals surface area contributed by atoms with E-state index in [2.05, 4.69) is 61.5 Å². The molecule has 0 fully saturated rings. The molecule has 0 aliphatic heterocycles. The third-order valence-electron chi connectivity index (χ3n) is 3.68. The zero-order valence-corrected chi connectivity index (χ0v) is 11.0. The third kappa shape index (κ3) is 2.99. The monoisotopic (exact) mass is 239 g/mol. The lowest BCUT2D eigenvalue weighted by molar-refractivity contribution is 0.394. The summed E-state index contributed by atoms with van der Waals surface area (Å²) >= 11 is 0. The summed E-state index contributed by atoms with van der Waals surface area (Å²) in [5.41, 5.74) is 8.95. The summed E-state index contributed by atoms with van der Waals surface area (Å²) in [5, 5.41) is 0. The van der Waals surface area contributed by atoms with E-state index in [1.54, 1.807) is 0 Å². The normalized spacial score (nSPS) is 14.1. The lowest BCUT2D eigenvalue weighted by atomic mass is 9.83. The number of benzene rings is 2. The zero-order valence-electron chi connectivity index (χ0n) is 11.0. The van der Waals surface area contributed by atoms with Gasteiger partial charge in [-0.25, -0.2) is 0 Å². The van der Waals surface area contributed by atoms with E-state index >= 15 is 0 Å². The van der Waals surface area contributed by atoms with Crippen LogP contribution in [0.1, 0.15) is 30.9 Å². The summed E-state index contributed by atoms with van der Waals surface area (Å²) in [4.78, 5) is 0. The van der Waals surface area contributed by atoms with E-state index in [0.717, 1.165) is 19.3 Å². The van der Waals surface area contributed by atoms with Crippen molar-refractivity contribution in [1.82, 2.24) is 0 Å². The smallest absolute Gasteiger partial charge is 0.0410 e. The van der Waals surface area contributed by atoms with Crippen molar-refractivity contribution in [1.29, 1.82) is 0 Å². The Morgan fingerprint density at radius 2 is 1.44 bits per heavy atom. The van der Waals surface area contributed by atoms with Crippen LogP contribution < -0.4 is 5.73 Å². The molecule has 0 amide bonds. The molecular formula is C17H21N. The van der Waals surface area contributed by atoms with Gasteiger partial charge in [0.05, 0.1) is 0 Å². The summed E-state index contributed by atoms with van der Waals surface area (Å²) in [6.07, 6.45) is 2.97. The lowest BCUT2D eigenvalue weighted by Crippen LogP contribution is -2.36. The molecule has 1 atom stereocenters. The molecular weight excluding hydrogens is 218 g/mol. The Morgan fingerprint density at radius 3 is 2.00 bits per heavy atom. The van der Waals surface area contributed by atoms with Crippen LogP contribution in [-0.2, 0) is 12.0 Å². The van der Waals surface area contributed by atoms with E-state index in [1.165, 1.54) is 11.1 Å². The maximum Gasteiger partial charge on any atom is 0.0410 e. The summed E-state index contributed by atoms with van der Waals surface area (Å²) < 4.78 is 0. The van der Waals surface area contributed by atoms with Gasteiger partial charge in [0.2, 0.25) is 0 Å². The van der Waals surface area contributed by atoms with Crippen LogP contribution in [0.15, 0.2) is 60.7 Å². The van der Waals surface area contributed by atoms with Crippen molar-refractivity contribution in [2.45, 2.75) is 31.7 Å². The number of aryl methyl sites for hydroxylation is 1. The Labute approximate surface area is 110 Å². The molecule has 2 rings (SSSR count). The highest BCUT2D eigenvalue weighted by molar-refractivity contribution is 5.25. The van der Waals surface area contributed by atoms with E-state index in [4.69, 9.17) is 5.73 Å². The zero-order chi connectivity index (χ0) is 12.8. The summed E-state index contributed by atoms with van der Waals surface area (Å²) in [6.45, 7) is 2.16. The first kappa shape index (κ1) is 12.8. The van der Waals surface area contributed by atoms with Crippen LogP contribution in [0.25, 0.3) is 0 Å². The maximum atomic E-state index is 6.57. The molecule has 18 heavy (non-hydrogen) atoms. The van der Waals surface area contributed by atoms with Crippen molar-refractivity contribution in [2.24, 2.45) is 5.73 Å². The van der Waals surface area contributed by atoms with Crippen LogP contribution in [0.5, 0.6) is 0 Å². The molecule has 0 saturated carbocycles. The summed E-state index contributed by atoms with van der Waals surface area (Å²) in [5.74, 6) is 0. The first-order valence-electron chi connectivity index (χ1n) is 6.63. The number of rotatable bonds is 5. The largest absolute Gasteiger partial charge is 0.321 e. The predicted molar refractivity (Wildman–Crippen MR) is 77.4 cm³/mol. The van der Waals surface area contributed by atoms with Crippen molar-refractivity contribution in [3.63, 3.8) is 0 Å². The molecule has 0 saturated heterocycles. The van der Waals surface area contributed by atoms with E-state index in [-0.39, 0.29) is 5.54 Å². The van der Waals surface area contributed by atoms with Gasteiger partial charge in [-0.05, 0) is 30.4 Å². The minimum absolute atomic E-state index is 0.211. The molecule has 0 heterocycles. The van der Waals surface area contributed by atoms with Crippen LogP contribution in [0, 0.1) is 0 Å². The average Bonchev–Trinajstić information content (AvgIpc) is 2.47. The van der Waals surface area contributed by atoms with Gasteiger partial charge in [-0.3, -0.25) is 0 Å². The van der Waals surface area contributed by atoms with E-state index in [0.29, 0.717) is 0 Å². The minimum atomic E-state index is -0.211. The first-order valence-corrected chi connectivity index (χ1v) is 6.63. The van der Waals surface area contributed by atoms with Crippen LogP contribution in [0.4, 0.5) is 0 Å². The molecule has 1 unspecified atom stereocenters. The standard InChI is InChI=1S/C17H21N/c1-2-17(18,16-11-7-4-8-12-16)14-13-15-9-5-3-6-10-15/h3-12H,2,13-14,18H2,1H3. The molecule has 2 N–H and O–H groups in total. The Balaban J connectivity index is 2.10. The first-order chi connectivity index (χ1) is 8.74. The Bertz CT molecular complexity index is 463. The predicted octanol–water partition coefficient (Wildman–Crippen LogP) is 3.88. The van der Waals surface area contributed by atoms with Crippen LogP contribution in [-0.4, -0.2) is 0 Å². The Morgan fingerprint density at radius 1 is 0.889 bits per heavy atom. The molecule has 0 bridgehead atoms. The number of nitrogens with two attached hydrogens (primary N) is 1. The van der Waals surface area contributed by atoms with Gasteiger partial charge in [0, 0.05) is 5.54 Å². The molecule has 2 aromatic rings.